The molecule has 0 heterocycles. The fraction of sp³-hybridized carbons (Fsp3) is 0.238. The van der Waals surface area contributed by atoms with Crippen LogP contribution in [0.5, 0.6) is 0 Å². The number of thioether (sulfide) groups is 1. The Labute approximate surface area is 158 Å². The summed E-state index contributed by atoms with van der Waals surface area (Å²) in [5.41, 5.74) is 1.69. The molecule has 5 heteroatoms. The van der Waals surface area contributed by atoms with Crippen molar-refractivity contribution in [2.24, 2.45) is 0 Å². The van der Waals surface area contributed by atoms with Crippen LogP contribution in [0.3, 0.4) is 0 Å². The lowest BCUT2D eigenvalue weighted by Gasteiger charge is -2.24. The zero-order valence-electron chi connectivity index (χ0n) is 15.2. The van der Waals surface area contributed by atoms with E-state index in [1.165, 1.54) is 6.08 Å². The van der Waals surface area contributed by atoms with Crippen LogP contribution in [0.2, 0.25) is 0 Å². The molecule has 2 aromatic carbocycles. The molecule has 136 valence electrons. The highest BCUT2D eigenvalue weighted by atomic mass is 32.2. The van der Waals surface area contributed by atoms with Crippen molar-refractivity contribution in [3.8, 4) is 0 Å². The molecule has 0 aliphatic rings. The van der Waals surface area contributed by atoms with Crippen molar-refractivity contribution in [2.45, 2.75) is 24.8 Å². The van der Waals surface area contributed by atoms with Crippen LogP contribution in [0.15, 0.2) is 65.6 Å². The second-order valence-corrected chi connectivity index (χ2v) is 6.48. The average molecular weight is 369 g/mol. The first-order valence-electron chi connectivity index (χ1n) is 8.44. The molecule has 1 atom stereocenters. The van der Waals surface area contributed by atoms with Gasteiger partial charge in [0.1, 0.15) is 0 Å². The Morgan fingerprint density at radius 1 is 1.12 bits per heavy atom. The SMILES string of the molecule is CCN(C(=O)[C@H](C)OC(=O)/C=C/c1ccc(SC)cc1)c1ccccc1. The van der Waals surface area contributed by atoms with Crippen LogP contribution in [0.1, 0.15) is 19.4 Å². The van der Waals surface area contributed by atoms with Gasteiger partial charge in [-0.05, 0) is 56.0 Å². The number of ether oxygens (including phenoxy) is 1. The Morgan fingerprint density at radius 2 is 1.77 bits per heavy atom. The smallest absolute Gasteiger partial charge is 0.331 e. The number of hydrogen-bond acceptors (Lipinski definition) is 4. The van der Waals surface area contributed by atoms with E-state index in [-0.39, 0.29) is 5.91 Å². The second-order valence-electron chi connectivity index (χ2n) is 5.60. The zero-order chi connectivity index (χ0) is 18.9. The lowest BCUT2D eigenvalue weighted by molar-refractivity contribution is -0.149. The van der Waals surface area contributed by atoms with Gasteiger partial charge in [-0.15, -0.1) is 11.8 Å². The standard InChI is InChI=1S/C21H23NO3S/c1-4-22(18-8-6-5-7-9-18)21(24)16(2)25-20(23)15-12-17-10-13-19(26-3)14-11-17/h5-16H,4H2,1-3H3/b15-12+/t16-/m0/s1. The van der Waals surface area contributed by atoms with E-state index >= 15 is 0 Å². The molecule has 0 saturated carbocycles. The molecule has 4 nitrogen and oxygen atoms in total. The van der Waals surface area contributed by atoms with Gasteiger partial charge >= 0.3 is 5.97 Å². The first kappa shape index (κ1) is 19.8. The summed E-state index contributed by atoms with van der Waals surface area (Å²) in [5.74, 6) is -0.784. The Morgan fingerprint density at radius 3 is 2.35 bits per heavy atom. The van der Waals surface area contributed by atoms with Gasteiger partial charge in [-0.1, -0.05) is 30.3 Å². The summed E-state index contributed by atoms with van der Waals surface area (Å²) in [6.07, 6.45) is 4.18. The molecule has 0 N–H and O–H groups in total. The van der Waals surface area contributed by atoms with Crippen LogP contribution in [-0.4, -0.2) is 30.8 Å². The van der Waals surface area contributed by atoms with Gasteiger partial charge in [0.05, 0.1) is 0 Å². The minimum Gasteiger partial charge on any atom is -0.449 e. The maximum atomic E-state index is 12.6. The van der Waals surface area contributed by atoms with E-state index in [4.69, 9.17) is 4.74 Å². The van der Waals surface area contributed by atoms with Crippen LogP contribution in [0.25, 0.3) is 6.08 Å². The third-order valence-corrected chi connectivity index (χ3v) is 4.56. The number of likely N-dealkylation sites (N-methyl/N-ethyl adjacent to an activating group) is 1. The molecule has 0 aliphatic heterocycles. The van der Waals surface area contributed by atoms with Crippen molar-refractivity contribution in [1.29, 1.82) is 0 Å². The minimum absolute atomic E-state index is 0.246. The topological polar surface area (TPSA) is 46.6 Å². The lowest BCUT2D eigenvalue weighted by Crippen LogP contribution is -2.39. The summed E-state index contributed by atoms with van der Waals surface area (Å²) in [4.78, 5) is 27.4. The number of benzene rings is 2. The number of carbonyl (C=O) groups excluding carboxylic acids is 2. The van der Waals surface area contributed by atoms with Crippen molar-refractivity contribution in [2.75, 3.05) is 17.7 Å². The number of hydrogen-bond donors (Lipinski definition) is 0. The van der Waals surface area contributed by atoms with Gasteiger partial charge in [0, 0.05) is 23.2 Å². The molecule has 1 amide bonds. The van der Waals surface area contributed by atoms with Crippen molar-refractivity contribution in [3.63, 3.8) is 0 Å². The molecule has 0 aromatic heterocycles. The summed E-state index contributed by atoms with van der Waals surface area (Å²) in [6, 6.07) is 17.2. The molecule has 2 aromatic rings. The summed E-state index contributed by atoms with van der Waals surface area (Å²) in [5, 5.41) is 0. The normalized spacial score (nSPS) is 12.0. The third-order valence-electron chi connectivity index (χ3n) is 3.82. The van der Waals surface area contributed by atoms with E-state index in [1.54, 1.807) is 29.7 Å². The first-order chi connectivity index (χ1) is 12.5. The predicted octanol–water partition coefficient (Wildman–Crippen LogP) is 4.41. The van der Waals surface area contributed by atoms with Crippen LogP contribution < -0.4 is 4.90 Å². The summed E-state index contributed by atoms with van der Waals surface area (Å²) in [6.45, 7) is 3.98. The Balaban J connectivity index is 1.96. The van der Waals surface area contributed by atoms with Crippen molar-refractivity contribution in [3.05, 3.63) is 66.2 Å². The fourth-order valence-corrected chi connectivity index (χ4v) is 2.84. The van der Waals surface area contributed by atoms with Gasteiger partial charge in [0.2, 0.25) is 0 Å². The maximum Gasteiger partial charge on any atom is 0.331 e. The molecule has 0 radical (unpaired) electrons. The van der Waals surface area contributed by atoms with Crippen molar-refractivity contribution < 1.29 is 14.3 Å². The van der Waals surface area contributed by atoms with E-state index < -0.39 is 12.1 Å². The highest BCUT2D eigenvalue weighted by Crippen LogP contribution is 2.16. The number of anilines is 1. The van der Waals surface area contributed by atoms with Gasteiger partial charge in [0.15, 0.2) is 6.10 Å². The van der Waals surface area contributed by atoms with Crippen molar-refractivity contribution in [1.82, 2.24) is 0 Å². The maximum absolute atomic E-state index is 12.6. The molecular formula is C21H23NO3S. The van der Waals surface area contributed by atoms with Crippen molar-refractivity contribution >= 4 is 35.4 Å². The minimum atomic E-state index is -0.855. The molecule has 0 bridgehead atoms. The van der Waals surface area contributed by atoms with Crippen LogP contribution in [0.4, 0.5) is 5.69 Å². The summed E-state index contributed by atoms with van der Waals surface area (Å²) >= 11 is 1.66. The molecule has 0 spiro atoms. The number of amides is 1. The summed E-state index contributed by atoms with van der Waals surface area (Å²) < 4.78 is 5.26. The average Bonchev–Trinajstić information content (AvgIpc) is 2.68. The lowest BCUT2D eigenvalue weighted by atomic mass is 10.2. The van der Waals surface area contributed by atoms with E-state index in [1.807, 2.05) is 67.8 Å². The first-order valence-corrected chi connectivity index (χ1v) is 9.66. The number of para-hydroxylation sites is 1. The van der Waals surface area contributed by atoms with Gasteiger partial charge < -0.3 is 9.64 Å². The van der Waals surface area contributed by atoms with E-state index in [2.05, 4.69) is 0 Å². The number of esters is 1. The molecule has 2 rings (SSSR count). The Bertz CT molecular complexity index is 757. The highest BCUT2D eigenvalue weighted by molar-refractivity contribution is 7.98. The van der Waals surface area contributed by atoms with Crippen LogP contribution in [-0.2, 0) is 14.3 Å². The molecule has 0 unspecified atom stereocenters. The zero-order valence-corrected chi connectivity index (χ0v) is 16.0. The third kappa shape index (κ3) is 5.49. The van der Waals surface area contributed by atoms with Gasteiger partial charge in [-0.25, -0.2) is 4.79 Å². The van der Waals surface area contributed by atoms with Gasteiger partial charge in [-0.2, -0.15) is 0 Å². The molecule has 26 heavy (non-hydrogen) atoms. The number of nitrogens with zero attached hydrogens (tertiary/aromatic N) is 1. The van der Waals surface area contributed by atoms with Crippen LogP contribution in [0, 0.1) is 0 Å². The van der Waals surface area contributed by atoms with E-state index in [0.29, 0.717) is 6.54 Å². The number of carbonyl (C=O) groups is 2. The van der Waals surface area contributed by atoms with E-state index in [0.717, 1.165) is 16.1 Å². The fourth-order valence-electron chi connectivity index (χ4n) is 2.44. The molecule has 0 saturated heterocycles. The largest absolute Gasteiger partial charge is 0.449 e. The predicted molar refractivity (Wildman–Crippen MR) is 107 cm³/mol. The quantitative estimate of drug-likeness (QED) is 0.412. The highest BCUT2D eigenvalue weighted by Gasteiger charge is 2.23. The summed E-state index contributed by atoms with van der Waals surface area (Å²) in [7, 11) is 0. The van der Waals surface area contributed by atoms with E-state index in [9.17, 15) is 9.59 Å². The Hall–Kier alpha value is -2.53. The van der Waals surface area contributed by atoms with Crippen LogP contribution >= 0.6 is 11.8 Å². The molecular weight excluding hydrogens is 346 g/mol. The Kier molecular flexibility index (Phi) is 7.48. The van der Waals surface area contributed by atoms with Gasteiger partial charge in [0.25, 0.3) is 5.91 Å². The van der Waals surface area contributed by atoms with Gasteiger partial charge in [-0.3, -0.25) is 4.79 Å². The number of rotatable bonds is 7. The molecule has 0 fully saturated rings. The molecule has 0 aliphatic carbocycles. The monoisotopic (exact) mass is 369 g/mol. The second kappa shape index (κ2) is 9.82.